The Labute approximate surface area is 282 Å². The number of fused-ring (bicyclic) bond motifs is 11. The minimum Gasteiger partial charge on any atom is -0.303 e. The number of imidazole rings is 1. The Bertz CT molecular complexity index is 2500. The van der Waals surface area contributed by atoms with Crippen molar-refractivity contribution < 1.29 is 4.39 Å². The first-order chi connectivity index (χ1) is 23.5. The number of thiophene rings is 1. The normalized spacial score (nSPS) is 19.2. The summed E-state index contributed by atoms with van der Waals surface area (Å²) < 4.78 is 21.5. The van der Waals surface area contributed by atoms with E-state index in [9.17, 15) is 0 Å². The molecule has 0 saturated carbocycles. The van der Waals surface area contributed by atoms with Crippen molar-refractivity contribution in [1.82, 2.24) is 14.5 Å². The van der Waals surface area contributed by atoms with Crippen LogP contribution in [-0.2, 0) is 5.41 Å². The third kappa shape index (κ3) is 3.87. The van der Waals surface area contributed by atoms with Crippen LogP contribution < -0.4 is 4.90 Å². The zero-order valence-corrected chi connectivity index (χ0v) is 27.3. The number of hydrogen-bond acceptors (Lipinski definition) is 4. The number of allylic oxidation sites excluding steroid dienone is 4. The molecule has 7 aromatic rings. The molecule has 2 aliphatic heterocycles. The summed E-state index contributed by atoms with van der Waals surface area (Å²) in [4.78, 5) is 11.9. The van der Waals surface area contributed by atoms with Crippen molar-refractivity contribution in [2.75, 3.05) is 4.90 Å². The van der Waals surface area contributed by atoms with Gasteiger partial charge in [0.25, 0.3) is 0 Å². The molecule has 5 heterocycles. The number of pyridine rings is 1. The molecule has 48 heavy (non-hydrogen) atoms. The van der Waals surface area contributed by atoms with E-state index in [-0.39, 0.29) is 17.3 Å². The van der Waals surface area contributed by atoms with Crippen LogP contribution >= 0.6 is 11.3 Å². The first-order valence-corrected chi connectivity index (χ1v) is 17.3. The molecule has 4 aromatic carbocycles. The van der Waals surface area contributed by atoms with Gasteiger partial charge in [0.05, 0.1) is 11.4 Å². The number of rotatable bonds is 3. The summed E-state index contributed by atoms with van der Waals surface area (Å²) >= 11 is 1.83. The quantitative estimate of drug-likeness (QED) is 0.192. The number of alkyl halides is 1. The Morgan fingerprint density at radius 3 is 2.58 bits per heavy atom. The van der Waals surface area contributed by atoms with Crippen molar-refractivity contribution >= 4 is 48.7 Å². The van der Waals surface area contributed by atoms with Crippen LogP contribution in [-0.4, -0.2) is 14.5 Å². The molecule has 0 spiro atoms. The van der Waals surface area contributed by atoms with Gasteiger partial charge in [0.15, 0.2) is 6.17 Å². The van der Waals surface area contributed by atoms with E-state index >= 15 is 4.39 Å². The monoisotopic (exact) mass is 642 g/mol. The lowest BCUT2D eigenvalue weighted by molar-refractivity contribution is 0.397. The van der Waals surface area contributed by atoms with Gasteiger partial charge < -0.3 is 4.57 Å². The van der Waals surface area contributed by atoms with Gasteiger partial charge in [-0.25, -0.2) is 14.4 Å². The van der Waals surface area contributed by atoms with E-state index < -0.39 is 6.17 Å². The van der Waals surface area contributed by atoms with Gasteiger partial charge in [-0.15, -0.1) is 11.3 Å². The molecule has 0 radical (unpaired) electrons. The van der Waals surface area contributed by atoms with Crippen molar-refractivity contribution in [3.8, 4) is 5.69 Å². The smallest absolute Gasteiger partial charge is 0.150 e. The van der Waals surface area contributed by atoms with Gasteiger partial charge in [0.2, 0.25) is 0 Å². The average Bonchev–Trinajstić information content (AvgIpc) is 3.77. The summed E-state index contributed by atoms with van der Waals surface area (Å²) in [6.07, 6.45) is 10.6. The lowest BCUT2D eigenvalue weighted by atomic mass is 9.74. The second-order valence-electron chi connectivity index (χ2n) is 13.5. The fourth-order valence-corrected chi connectivity index (χ4v) is 9.33. The van der Waals surface area contributed by atoms with Gasteiger partial charge in [-0.05, 0) is 64.7 Å². The highest BCUT2D eigenvalue weighted by molar-refractivity contribution is 7.25. The molecule has 0 amide bonds. The van der Waals surface area contributed by atoms with Crippen LogP contribution in [0, 0.1) is 0 Å². The molecule has 3 atom stereocenters. The van der Waals surface area contributed by atoms with Gasteiger partial charge in [-0.2, -0.15) is 0 Å². The maximum Gasteiger partial charge on any atom is 0.150 e. The van der Waals surface area contributed by atoms with Crippen LogP contribution in [0.15, 0.2) is 139 Å². The van der Waals surface area contributed by atoms with Gasteiger partial charge in [-0.1, -0.05) is 86.7 Å². The van der Waals surface area contributed by atoms with Gasteiger partial charge in [-0.3, -0.25) is 4.90 Å². The third-order valence-corrected chi connectivity index (χ3v) is 11.7. The Hall–Kier alpha value is -5.33. The molecule has 0 N–H and O–H groups in total. The Morgan fingerprint density at radius 1 is 0.771 bits per heavy atom. The lowest BCUT2D eigenvalue weighted by Crippen LogP contribution is -2.31. The molecule has 1 aliphatic carbocycles. The van der Waals surface area contributed by atoms with Crippen molar-refractivity contribution in [3.05, 3.63) is 168 Å². The molecule has 6 heteroatoms. The molecular formula is C42H31FN4S. The molecule has 3 aliphatic rings. The van der Waals surface area contributed by atoms with Crippen molar-refractivity contribution in [3.63, 3.8) is 0 Å². The molecule has 0 bridgehead atoms. The molecular weight excluding hydrogens is 612 g/mol. The number of halogens is 1. The standard InChI is InChI=1S/C42H31FN4S/c1-42(2)33-13-8-18-44-41(33)47(36-23-31-30-12-4-6-15-37(30)48-38(31)24-34(36)42)27-10-7-9-25(21-27)39(43)26-16-17-28-29-11-3-5-14-35(29)46-20-19-45-40(46)32(28)22-26/h3-24,28,32,39H,1-2H3. The van der Waals surface area contributed by atoms with Crippen LogP contribution in [0.1, 0.15) is 59.9 Å². The zero-order valence-electron chi connectivity index (χ0n) is 26.5. The first kappa shape index (κ1) is 27.8. The SMILES string of the molecule is CC1(C)c2cc3sc4ccccc4c3cc2N(c2cccc(C(F)C3=CC4c5nccn5-c5ccccc5C4C=C3)c2)c2ncccc21. The van der Waals surface area contributed by atoms with Crippen LogP contribution in [0.5, 0.6) is 0 Å². The predicted octanol–water partition coefficient (Wildman–Crippen LogP) is 11.1. The van der Waals surface area contributed by atoms with Gasteiger partial charge in [0, 0.05) is 67.3 Å². The van der Waals surface area contributed by atoms with Crippen LogP contribution in [0.3, 0.4) is 0 Å². The molecule has 3 aromatic heterocycles. The molecule has 0 fully saturated rings. The third-order valence-electron chi connectivity index (χ3n) is 10.6. The van der Waals surface area contributed by atoms with Crippen LogP contribution in [0.2, 0.25) is 0 Å². The summed E-state index contributed by atoms with van der Waals surface area (Å²) in [5, 5.41) is 2.48. The van der Waals surface area contributed by atoms with E-state index in [4.69, 9.17) is 9.97 Å². The number of aromatic nitrogens is 3. The maximum atomic E-state index is 16.8. The van der Waals surface area contributed by atoms with E-state index in [2.05, 4.69) is 108 Å². The molecule has 3 unspecified atom stereocenters. The summed E-state index contributed by atoms with van der Waals surface area (Å²) in [6, 6.07) is 33.8. The predicted molar refractivity (Wildman–Crippen MR) is 194 cm³/mol. The maximum absolute atomic E-state index is 16.8. The van der Waals surface area contributed by atoms with Gasteiger partial charge in [0.1, 0.15) is 11.6 Å². The highest BCUT2D eigenvalue weighted by Gasteiger charge is 2.39. The minimum atomic E-state index is -1.30. The zero-order chi connectivity index (χ0) is 32.1. The van der Waals surface area contributed by atoms with Crippen molar-refractivity contribution in [2.45, 2.75) is 37.3 Å². The highest BCUT2D eigenvalue weighted by Crippen LogP contribution is 2.54. The van der Waals surface area contributed by atoms with Crippen molar-refractivity contribution in [1.29, 1.82) is 0 Å². The first-order valence-electron chi connectivity index (χ1n) is 16.5. The van der Waals surface area contributed by atoms with E-state index in [0.29, 0.717) is 11.1 Å². The summed E-state index contributed by atoms with van der Waals surface area (Å²) in [7, 11) is 0. The topological polar surface area (TPSA) is 34.0 Å². The van der Waals surface area contributed by atoms with E-state index in [0.717, 1.165) is 34.3 Å². The minimum absolute atomic E-state index is 0.0357. The molecule has 4 nitrogen and oxygen atoms in total. The van der Waals surface area contributed by atoms with E-state index in [1.54, 1.807) is 0 Å². The fraction of sp³-hybridized carbons (Fsp3) is 0.143. The fourth-order valence-electron chi connectivity index (χ4n) is 8.20. The molecule has 232 valence electrons. The highest BCUT2D eigenvalue weighted by atomic mass is 32.1. The van der Waals surface area contributed by atoms with Crippen LogP contribution in [0.4, 0.5) is 21.6 Å². The largest absolute Gasteiger partial charge is 0.303 e. The Morgan fingerprint density at radius 2 is 1.65 bits per heavy atom. The number of hydrogen-bond donors (Lipinski definition) is 0. The Kier molecular flexibility index (Phi) is 5.83. The number of benzene rings is 4. The summed E-state index contributed by atoms with van der Waals surface area (Å²) in [5.74, 6) is 1.92. The second-order valence-corrected chi connectivity index (χ2v) is 14.6. The number of nitrogens with zero attached hydrogens (tertiary/aromatic N) is 4. The average molecular weight is 643 g/mol. The van der Waals surface area contributed by atoms with Crippen LogP contribution in [0.25, 0.3) is 25.9 Å². The molecule has 0 saturated heterocycles. The number of anilines is 3. The summed E-state index contributed by atoms with van der Waals surface area (Å²) in [6.45, 7) is 4.56. The molecule has 10 rings (SSSR count). The summed E-state index contributed by atoms with van der Waals surface area (Å²) in [5.41, 5.74) is 7.76. The number of para-hydroxylation sites is 1. The lowest BCUT2D eigenvalue weighted by Gasteiger charge is -2.41. The Balaban J connectivity index is 1.09. The second kappa shape index (κ2) is 10.1. The van der Waals surface area contributed by atoms with E-state index in [1.165, 1.54) is 31.3 Å². The van der Waals surface area contributed by atoms with Crippen molar-refractivity contribution in [2.24, 2.45) is 0 Å². The van der Waals surface area contributed by atoms with E-state index in [1.807, 2.05) is 60.3 Å². The van der Waals surface area contributed by atoms with Gasteiger partial charge >= 0.3 is 0 Å².